The summed E-state index contributed by atoms with van der Waals surface area (Å²) in [5, 5.41) is 20.2. The second kappa shape index (κ2) is 7.25. The van der Waals surface area contributed by atoms with Crippen LogP contribution in [0.5, 0.6) is 0 Å². The van der Waals surface area contributed by atoms with E-state index < -0.39 is 5.97 Å². The van der Waals surface area contributed by atoms with Crippen LogP contribution in [0.4, 0.5) is 0 Å². The average Bonchev–Trinajstić information content (AvgIpc) is 3.02. The summed E-state index contributed by atoms with van der Waals surface area (Å²) in [6.07, 6.45) is 4.91. The second-order valence-corrected chi connectivity index (χ2v) is 5.88. The molecule has 3 rings (SSSR count). The van der Waals surface area contributed by atoms with Crippen LogP contribution in [0, 0.1) is 0 Å². The van der Waals surface area contributed by atoms with Crippen molar-refractivity contribution in [1.82, 2.24) is 20.1 Å². The summed E-state index contributed by atoms with van der Waals surface area (Å²) in [5.74, 6) is 0.859. The zero-order valence-corrected chi connectivity index (χ0v) is 13.4. The molecule has 7 heteroatoms. The Balaban J connectivity index is 1.47. The largest absolute Gasteiger partial charge is 0.478 e. The van der Waals surface area contributed by atoms with E-state index in [0.717, 1.165) is 37.5 Å². The number of benzene rings is 1. The van der Waals surface area contributed by atoms with E-state index >= 15 is 0 Å². The predicted octanol–water partition coefficient (Wildman–Crippen LogP) is 1.68. The highest BCUT2D eigenvalue weighted by molar-refractivity contribution is 5.95. The minimum atomic E-state index is -1.00. The fraction of sp³-hybridized carbons (Fsp3) is 0.412. The molecule has 2 heterocycles. The molecule has 0 saturated heterocycles. The van der Waals surface area contributed by atoms with Crippen molar-refractivity contribution in [1.29, 1.82) is 0 Å². The highest BCUT2D eigenvalue weighted by Crippen LogP contribution is 2.15. The highest BCUT2D eigenvalue weighted by Gasteiger charge is 2.15. The Hall–Kier alpha value is -2.70. The Morgan fingerprint density at radius 3 is 2.62 bits per heavy atom. The van der Waals surface area contributed by atoms with Gasteiger partial charge in [-0.25, -0.2) is 4.79 Å². The molecule has 2 N–H and O–H groups in total. The minimum Gasteiger partial charge on any atom is -0.478 e. The molecule has 0 atom stereocenters. The van der Waals surface area contributed by atoms with Crippen molar-refractivity contribution < 1.29 is 14.7 Å². The molecular weight excluding hydrogens is 308 g/mol. The van der Waals surface area contributed by atoms with Crippen LogP contribution in [0.3, 0.4) is 0 Å². The molecule has 7 nitrogen and oxygen atoms in total. The van der Waals surface area contributed by atoms with Gasteiger partial charge in [0, 0.05) is 31.5 Å². The molecule has 1 aliphatic heterocycles. The molecule has 0 saturated carbocycles. The maximum atomic E-state index is 12.0. The first-order valence-electron chi connectivity index (χ1n) is 8.17. The fourth-order valence-corrected chi connectivity index (χ4v) is 2.87. The smallest absolute Gasteiger partial charge is 0.335 e. The molecule has 0 radical (unpaired) electrons. The number of amides is 1. The van der Waals surface area contributed by atoms with Gasteiger partial charge in [-0.05, 0) is 43.5 Å². The molecule has 0 spiro atoms. The molecule has 0 unspecified atom stereocenters. The maximum absolute atomic E-state index is 12.0. The number of fused-ring (bicyclic) bond motifs is 1. The van der Waals surface area contributed by atoms with Crippen LogP contribution in [0.25, 0.3) is 0 Å². The van der Waals surface area contributed by atoms with Gasteiger partial charge >= 0.3 is 5.97 Å². The van der Waals surface area contributed by atoms with Gasteiger partial charge in [-0.15, -0.1) is 10.2 Å². The first-order valence-corrected chi connectivity index (χ1v) is 8.17. The van der Waals surface area contributed by atoms with Crippen molar-refractivity contribution in [2.24, 2.45) is 0 Å². The number of nitrogens with one attached hydrogen (secondary N) is 1. The average molecular weight is 328 g/mol. The van der Waals surface area contributed by atoms with Crippen molar-refractivity contribution in [3.05, 3.63) is 47.0 Å². The number of hydrogen-bond acceptors (Lipinski definition) is 4. The number of aromatic nitrogens is 3. The van der Waals surface area contributed by atoms with Crippen molar-refractivity contribution in [3.8, 4) is 0 Å². The number of aryl methyl sites for hydroxylation is 2. The lowest BCUT2D eigenvalue weighted by atomic mass is 10.1. The summed E-state index contributed by atoms with van der Waals surface area (Å²) >= 11 is 0. The van der Waals surface area contributed by atoms with E-state index in [4.69, 9.17) is 5.11 Å². The summed E-state index contributed by atoms with van der Waals surface area (Å²) in [6, 6.07) is 5.90. The molecule has 1 aliphatic rings. The van der Waals surface area contributed by atoms with Crippen LogP contribution >= 0.6 is 0 Å². The monoisotopic (exact) mass is 328 g/mol. The molecule has 24 heavy (non-hydrogen) atoms. The minimum absolute atomic E-state index is 0.170. The van der Waals surface area contributed by atoms with Gasteiger partial charge in [0.15, 0.2) is 0 Å². The molecule has 126 valence electrons. The Morgan fingerprint density at radius 1 is 1.12 bits per heavy atom. The third kappa shape index (κ3) is 3.61. The Kier molecular flexibility index (Phi) is 4.88. The number of carbonyl (C=O) groups is 2. The molecule has 0 aliphatic carbocycles. The second-order valence-electron chi connectivity index (χ2n) is 5.88. The third-order valence-corrected chi connectivity index (χ3v) is 4.19. The summed E-state index contributed by atoms with van der Waals surface area (Å²) in [4.78, 5) is 22.8. The van der Waals surface area contributed by atoms with Crippen LogP contribution in [0.1, 0.15) is 51.6 Å². The number of carboxylic acid groups (broad SMARTS) is 1. The van der Waals surface area contributed by atoms with Gasteiger partial charge in [0.1, 0.15) is 11.6 Å². The van der Waals surface area contributed by atoms with Gasteiger partial charge in [-0.2, -0.15) is 0 Å². The van der Waals surface area contributed by atoms with Gasteiger partial charge in [-0.3, -0.25) is 4.79 Å². The van der Waals surface area contributed by atoms with Gasteiger partial charge < -0.3 is 15.0 Å². The lowest BCUT2D eigenvalue weighted by Gasteiger charge is -2.14. The molecule has 1 amide bonds. The summed E-state index contributed by atoms with van der Waals surface area (Å²) in [5.41, 5.74) is 0.628. The zero-order valence-electron chi connectivity index (χ0n) is 13.4. The number of rotatable bonds is 6. The van der Waals surface area contributed by atoms with Crippen molar-refractivity contribution in [3.63, 3.8) is 0 Å². The lowest BCUT2D eigenvalue weighted by Crippen LogP contribution is -2.25. The molecule has 1 aromatic carbocycles. The summed E-state index contributed by atoms with van der Waals surface area (Å²) in [6.45, 7) is 1.53. The topological polar surface area (TPSA) is 97.1 Å². The number of carboxylic acids is 1. The van der Waals surface area contributed by atoms with Crippen LogP contribution in [0.15, 0.2) is 24.3 Å². The number of hydrogen-bond donors (Lipinski definition) is 2. The summed E-state index contributed by atoms with van der Waals surface area (Å²) < 4.78 is 2.19. The Labute approximate surface area is 139 Å². The maximum Gasteiger partial charge on any atom is 0.335 e. The van der Waals surface area contributed by atoms with E-state index in [1.165, 1.54) is 37.1 Å². The van der Waals surface area contributed by atoms with E-state index in [0.29, 0.717) is 12.1 Å². The molecule has 0 fully saturated rings. The number of aromatic carboxylic acids is 1. The fourth-order valence-electron chi connectivity index (χ4n) is 2.87. The van der Waals surface area contributed by atoms with Crippen LogP contribution in [-0.2, 0) is 19.4 Å². The van der Waals surface area contributed by atoms with E-state index in [1.807, 2.05) is 0 Å². The zero-order chi connectivity index (χ0) is 16.9. The van der Waals surface area contributed by atoms with E-state index in [9.17, 15) is 9.59 Å². The van der Waals surface area contributed by atoms with Crippen molar-refractivity contribution in [2.75, 3.05) is 6.54 Å². The first kappa shape index (κ1) is 16.2. The Morgan fingerprint density at radius 2 is 1.88 bits per heavy atom. The lowest BCUT2D eigenvalue weighted by molar-refractivity contribution is 0.0696. The molecular formula is C17H20N4O3. The Bertz CT molecular complexity index is 737. The number of carbonyl (C=O) groups excluding carboxylic acids is 1. The van der Waals surface area contributed by atoms with E-state index in [-0.39, 0.29) is 11.5 Å². The number of nitrogens with zero attached hydrogens (tertiary/aromatic N) is 3. The highest BCUT2D eigenvalue weighted by atomic mass is 16.4. The van der Waals surface area contributed by atoms with Gasteiger partial charge in [0.2, 0.25) is 0 Å². The van der Waals surface area contributed by atoms with Gasteiger partial charge in [-0.1, -0.05) is 0 Å². The van der Waals surface area contributed by atoms with Gasteiger partial charge in [0.05, 0.1) is 5.56 Å². The summed E-state index contributed by atoms with van der Waals surface area (Å²) in [7, 11) is 0. The van der Waals surface area contributed by atoms with Crippen molar-refractivity contribution >= 4 is 11.9 Å². The molecule has 2 aromatic rings. The van der Waals surface area contributed by atoms with Crippen LogP contribution < -0.4 is 5.32 Å². The molecule has 1 aromatic heterocycles. The normalized spacial score (nSPS) is 13.3. The predicted molar refractivity (Wildman–Crippen MR) is 87.0 cm³/mol. The SMILES string of the molecule is O=C(O)c1ccc(C(=O)NCCCc2nnc3n2CCCC3)cc1. The first-order chi connectivity index (χ1) is 11.6. The van der Waals surface area contributed by atoms with E-state index in [2.05, 4.69) is 20.1 Å². The van der Waals surface area contributed by atoms with Crippen LogP contribution in [-0.4, -0.2) is 38.3 Å². The molecule has 0 bridgehead atoms. The quantitative estimate of drug-likeness (QED) is 0.786. The van der Waals surface area contributed by atoms with Gasteiger partial charge in [0.25, 0.3) is 5.91 Å². The third-order valence-electron chi connectivity index (χ3n) is 4.19. The van der Waals surface area contributed by atoms with Crippen LogP contribution in [0.2, 0.25) is 0 Å². The standard InChI is InChI=1S/C17H20N4O3/c22-16(12-6-8-13(9-7-12)17(23)24)18-10-3-5-15-20-19-14-4-1-2-11-21(14)15/h6-9H,1-5,10-11H2,(H,18,22)(H,23,24). The van der Waals surface area contributed by atoms with E-state index in [1.54, 1.807) is 0 Å². The van der Waals surface area contributed by atoms with Crippen molar-refractivity contribution in [2.45, 2.75) is 38.6 Å².